The Bertz CT molecular complexity index is 95.4. The first kappa shape index (κ1) is 4.80. The van der Waals surface area contributed by atoms with Gasteiger partial charge in [-0.2, -0.15) is 0 Å². The number of fused-ring (bicyclic) bond motifs is 1. The Hall–Kier alpha value is -0.0400. The molecule has 0 atom stereocenters. The lowest BCUT2D eigenvalue weighted by Gasteiger charge is -2.57. The molecule has 0 spiro atoms. The zero-order chi connectivity index (χ0) is 5.61. The molecule has 0 heterocycles. The largest absolute Gasteiger partial charge is 0.396 e. The van der Waals surface area contributed by atoms with Crippen molar-refractivity contribution in [3.63, 3.8) is 0 Å². The molecule has 2 aliphatic rings. The number of hydrogen-bond acceptors (Lipinski definition) is 1. The van der Waals surface area contributed by atoms with Crippen molar-refractivity contribution in [1.29, 1.82) is 0 Å². The Morgan fingerprint density at radius 1 is 1.38 bits per heavy atom. The molecule has 0 amide bonds. The summed E-state index contributed by atoms with van der Waals surface area (Å²) in [6.07, 6.45) is 5.38. The smallest absolute Gasteiger partial charge is 0.0490 e. The van der Waals surface area contributed by atoms with Gasteiger partial charge in [0.05, 0.1) is 0 Å². The predicted octanol–water partition coefficient (Wildman–Crippen LogP) is 1.17. The van der Waals surface area contributed by atoms with E-state index in [2.05, 4.69) is 0 Å². The Kier molecular flexibility index (Phi) is 0.762. The minimum absolute atomic E-state index is 0.456. The first-order chi connectivity index (χ1) is 3.87. The molecule has 2 aliphatic carbocycles. The number of aliphatic hydroxyl groups is 1. The van der Waals surface area contributed by atoms with Crippen molar-refractivity contribution in [3.05, 3.63) is 0 Å². The van der Waals surface area contributed by atoms with Crippen LogP contribution in [0.1, 0.15) is 25.7 Å². The molecule has 46 valence electrons. The Labute approximate surface area is 49.7 Å². The molecular weight excluding hydrogens is 100 g/mol. The highest BCUT2D eigenvalue weighted by Crippen LogP contribution is 2.60. The van der Waals surface area contributed by atoms with Crippen molar-refractivity contribution in [2.24, 2.45) is 11.3 Å². The molecule has 0 saturated heterocycles. The van der Waals surface area contributed by atoms with Gasteiger partial charge in [-0.1, -0.05) is 0 Å². The first-order valence-electron chi connectivity index (χ1n) is 3.48. The topological polar surface area (TPSA) is 20.2 Å². The maximum absolute atomic E-state index is 8.87. The van der Waals surface area contributed by atoms with Gasteiger partial charge in [0.2, 0.25) is 0 Å². The van der Waals surface area contributed by atoms with Gasteiger partial charge < -0.3 is 5.11 Å². The molecule has 0 radical (unpaired) electrons. The van der Waals surface area contributed by atoms with Crippen LogP contribution in [0.15, 0.2) is 0 Å². The SMILES string of the molecule is OCC12CCC1CC2. The quantitative estimate of drug-likeness (QED) is 0.540. The van der Waals surface area contributed by atoms with Gasteiger partial charge in [0.1, 0.15) is 0 Å². The summed E-state index contributed by atoms with van der Waals surface area (Å²) >= 11 is 0. The molecular formula is C7H12O. The van der Waals surface area contributed by atoms with E-state index in [1.165, 1.54) is 25.7 Å². The number of aliphatic hydroxyl groups excluding tert-OH is 1. The summed E-state index contributed by atoms with van der Waals surface area (Å²) in [6.45, 7) is 0.456. The average molecular weight is 112 g/mol. The summed E-state index contributed by atoms with van der Waals surface area (Å²) in [7, 11) is 0. The third-order valence-electron chi connectivity index (χ3n) is 3.16. The average Bonchev–Trinajstić information content (AvgIpc) is 1.78. The molecule has 0 aromatic rings. The molecule has 8 heavy (non-hydrogen) atoms. The van der Waals surface area contributed by atoms with Crippen LogP contribution in [0.5, 0.6) is 0 Å². The highest BCUT2D eigenvalue weighted by Gasteiger charge is 2.52. The number of hydrogen-bond donors (Lipinski definition) is 1. The highest BCUT2D eigenvalue weighted by molar-refractivity contribution is 5.02. The van der Waals surface area contributed by atoms with Crippen molar-refractivity contribution in [2.45, 2.75) is 25.7 Å². The van der Waals surface area contributed by atoms with Gasteiger partial charge in [-0.25, -0.2) is 0 Å². The lowest BCUT2D eigenvalue weighted by Crippen LogP contribution is -2.51. The van der Waals surface area contributed by atoms with E-state index in [1.807, 2.05) is 0 Å². The molecule has 0 aromatic carbocycles. The van der Waals surface area contributed by atoms with Crippen LogP contribution in [0.3, 0.4) is 0 Å². The summed E-state index contributed by atoms with van der Waals surface area (Å²) in [6, 6.07) is 0. The van der Waals surface area contributed by atoms with Crippen LogP contribution in [-0.4, -0.2) is 11.7 Å². The molecule has 0 unspecified atom stereocenters. The second kappa shape index (κ2) is 1.27. The van der Waals surface area contributed by atoms with E-state index in [-0.39, 0.29) is 0 Å². The lowest BCUT2D eigenvalue weighted by atomic mass is 9.48. The fraction of sp³-hybridized carbons (Fsp3) is 1.00. The first-order valence-corrected chi connectivity index (χ1v) is 3.48. The second-order valence-corrected chi connectivity index (χ2v) is 3.29. The van der Waals surface area contributed by atoms with Crippen LogP contribution in [-0.2, 0) is 0 Å². The molecule has 0 aromatic heterocycles. The van der Waals surface area contributed by atoms with Crippen molar-refractivity contribution in [1.82, 2.24) is 0 Å². The van der Waals surface area contributed by atoms with E-state index < -0.39 is 0 Å². The summed E-state index contributed by atoms with van der Waals surface area (Å²) < 4.78 is 0. The molecule has 2 fully saturated rings. The molecule has 1 nitrogen and oxygen atoms in total. The number of rotatable bonds is 1. The molecule has 0 aliphatic heterocycles. The lowest BCUT2D eigenvalue weighted by molar-refractivity contribution is -0.111. The fourth-order valence-corrected chi connectivity index (χ4v) is 2.07. The van der Waals surface area contributed by atoms with Gasteiger partial charge in [-0.15, -0.1) is 0 Å². The van der Waals surface area contributed by atoms with Crippen LogP contribution in [0.4, 0.5) is 0 Å². The predicted molar refractivity (Wildman–Crippen MR) is 31.5 cm³/mol. The Morgan fingerprint density at radius 2 is 2.00 bits per heavy atom. The third-order valence-corrected chi connectivity index (χ3v) is 3.16. The Morgan fingerprint density at radius 3 is 2.00 bits per heavy atom. The summed E-state index contributed by atoms with van der Waals surface area (Å²) in [4.78, 5) is 0. The summed E-state index contributed by atoms with van der Waals surface area (Å²) in [5.74, 6) is 0.924. The summed E-state index contributed by atoms with van der Waals surface area (Å²) in [5, 5.41) is 8.87. The molecule has 1 heteroatoms. The van der Waals surface area contributed by atoms with E-state index in [0.29, 0.717) is 12.0 Å². The maximum atomic E-state index is 8.87. The molecule has 2 saturated carbocycles. The highest BCUT2D eigenvalue weighted by atomic mass is 16.3. The summed E-state index contributed by atoms with van der Waals surface area (Å²) in [5.41, 5.74) is 0.458. The molecule has 0 bridgehead atoms. The zero-order valence-electron chi connectivity index (χ0n) is 5.06. The molecule has 1 N–H and O–H groups in total. The van der Waals surface area contributed by atoms with Gasteiger partial charge >= 0.3 is 0 Å². The van der Waals surface area contributed by atoms with Crippen molar-refractivity contribution >= 4 is 0 Å². The fourth-order valence-electron chi connectivity index (χ4n) is 2.07. The van der Waals surface area contributed by atoms with Crippen molar-refractivity contribution < 1.29 is 5.11 Å². The van der Waals surface area contributed by atoms with E-state index >= 15 is 0 Å². The van der Waals surface area contributed by atoms with Gasteiger partial charge in [-0.05, 0) is 37.0 Å². The maximum Gasteiger partial charge on any atom is 0.0490 e. The zero-order valence-corrected chi connectivity index (χ0v) is 5.06. The van der Waals surface area contributed by atoms with Crippen LogP contribution in [0.25, 0.3) is 0 Å². The van der Waals surface area contributed by atoms with Gasteiger partial charge in [-0.3, -0.25) is 0 Å². The minimum atomic E-state index is 0.456. The molecule has 2 rings (SSSR count). The van der Waals surface area contributed by atoms with E-state index in [1.54, 1.807) is 0 Å². The van der Waals surface area contributed by atoms with Gasteiger partial charge in [0.15, 0.2) is 0 Å². The van der Waals surface area contributed by atoms with Crippen molar-refractivity contribution in [3.8, 4) is 0 Å². The van der Waals surface area contributed by atoms with E-state index in [9.17, 15) is 0 Å². The standard InChI is InChI=1S/C7H12O/c8-5-7-3-1-6(7)2-4-7/h6,8H,1-5H2. The van der Waals surface area contributed by atoms with Gasteiger partial charge in [0.25, 0.3) is 0 Å². The second-order valence-electron chi connectivity index (χ2n) is 3.29. The minimum Gasteiger partial charge on any atom is -0.396 e. The van der Waals surface area contributed by atoms with Crippen molar-refractivity contribution in [2.75, 3.05) is 6.61 Å². The Balaban J connectivity index is 2.05. The van der Waals surface area contributed by atoms with E-state index in [0.717, 1.165) is 5.92 Å². The van der Waals surface area contributed by atoms with E-state index in [4.69, 9.17) is 5.11 Å². The van der Waals surface area contributed by atoms with Crippen LogP contribution >= 0.6 is 0 Å². The third kappa shape index (κ3) is 0.334. The normalized spacial score (nSPS) is 51.4. The van der Waals surface area contributed by atoms with Crippen LogP contribution in [0, 0.1) is 11.3 Å². The van der Waals surface area contributed by atoms with Crippen LogP contribution < -0.4 is 0 Å². The van der Waals surface area contributed by atoms with Gasteiger partial charge in [0, 0.05) is 6.61 Å². The monoisotopic (exact) mass is 112 g/mol. The van der Waals surface area contributed by atoms with Crippen LogP contribution in [0.2, 0.25) is 0 Å².